The van der Waals surface area contributed by atoms with Gasteiger partial charge in [0.25, 0.3) is 0 Å². The number of hydrogen-bond acceptors (Lipinski definition) is 3. The Balaban J connectivity index is 1.70. The fourth-order valence-electron chi connectivity index (χ4n) is 3.20. The number of rotatable bonds is 6. The van der Waals surface area contributed by atoms with Crippen molar-refractivity contribution >= 4 is 0 Å². The second-order valence-corrected chi connectivity index (χ2v) is 5.57. The molecule has 3 heteroatoms. The molecule has 2 aliphatic rings. The Morgan fingerprint density at radius 3 is 2.94 bits per heavy atom. The maximum absolute atomic E-state index is 5.77. The van der Waals surface area contributed by atoms with E-state index in [1.54, 1.807) is 0 Å². The van der Waals surface area contributed by atoms with Crippen LogP contribution in [-0.4, -0.2) is 49.8 Å². The molecule has 3 nitrogen and oxygen atoms in total. The van der Waals surface area contributed by atoms with Gasteiger partial charge in [-0.2, -0.15) is 0 Å². The molecule has 0 aromatic carbocycles. The third kappa shape index (κ3) is 3.67. The van der Waals surface area contributed by atoms with Crippen molar-refractivity contribution in [3.8, 4) is 0 Å². The quantitative estimate of drug-likeness (QED) is 0.767. The summed E-state index contributed by atoms with van der Waals surface area (Å²) in [6, 6.07) is 0.734. The van der Waals surface area contributed by atoms with E-state index in [1.807, 2.05) is 0 Å². The summed E-state index contributed by atoms with van der Waals surface area (Å²) in [5.74, 6) is 0.782. The molecular formula is C14H28N2O. The second-order valence-electron chi connectivity index (χ2n) is 5.57. The van der Waals surface area contributed by atoms with Crippen molar-refractivity contribution in [1.82, 2.24) is 10.2 Å². The van der Waals surface area contributed by atoms with Gasteiger partial charge in [-0.3, -0.25) is 0 Å². The zero-order valence-electron chi connectivity index (χ0n) is 11.5. The first-order valence-corrected chi connectivity index (χ1v) is 7.40. The topological polar surface area (TPSA) is 24.5 Å². The monoisotopic (exact) mass is 240 g/mol. The van der Waals surface area contributed by atoms with Crippen molar-refractivity contribution in [3.05, 3.63) is 0 Å². The molecule has 0 aliphatic carbocycles. The lowest BCUT2D eigenvalue weighted by atomic mass is 9.99. The lowest BCUT2D eigenvalue weighted by molar-refractivity contribution is 0.0780. The predicted octanol–water partition coefficient (Wildman–Crippen LogP) is 1.88. The number of nitrogens with zero attached hydrogens (tertiary/aromatic N) is 1. The Hall–Kier alpha value is -0.120. The Kier molecular flexibility index (Phi) is 5.26. The SMILES string of the molecule is CCCNC1CCN(CC2CCOC2CC)C1. The lowest BCUT2D eigenvalue weighted by Crippen LogP contribution is -2.36. The van der Waals surface area contributed by atoms with E-state index in [4.69, 9.17) is 4.74 Å². The minimum atomic E-state index is 0.526. The molecule has 1 N–H and O–H groups in total. The zero-order chi connectivity index (χ0) is 12.1. The van der Waals surface area contributed by atoms with Gasteiger partial charge in [-0.25, -0.2) is 0 Å². The van der Waals surface area contributed by atoms with Crippen molar-refractivity contribution in [2.45, 2.75) is 51.7 Å². The molecule has 3 unspecified atom stereocenters. The summed E-state index contributed by atoms with van der Waals surface area (Å²) >= 11 is 0. The molecule has 17 heavy (non-hydrogen) atoms. The first-order valence-electron chi connectivity index (χ1n) is 7.40. The highest BCUT2D eigenvalue weighted by Gasteiger charge is 2.31. The van der Waals surface area contributed by atoms with Crippen LogP contribution in [0.15, 0.2) is 0 Å². The molecule has 0 spiro atoms. The van der Waals surface area contributed by atoms with E-state index in [2.05, 4.69) is 24.1 Å². The van der Waals surface area contributed by atoms with Crippen LogP contribution in [0.2, 0.25) is 0 Å². The molecule has 100 valence electrons. The van der Waals surface area contributed by atoms with Crippen LogP contribution in [0.25, 0.3) is 0 Å². The summed E-state index contributed by atoms with van der Waals surface area (Å²) in [5, 5.41) is 3.64. The Morgan fingerprint density at radius 1 is 1.29 bits per heavy atom. The first kappa shape index (κ1) is 13.3. The van der Waals surface area contributed by atoms with E-state index >= 15 is 0 Å². The summed E-state index contributed by atoms with van der Waals surface area (Å²) in [4.78, 5) is 2.63. The maximum atomic E-state index is 5.77. The van der Waals surface area contributed by atoms with E-state index in [0.717, 1.165) is 18.6 Å². The molecule has 2 fully saturated rings. The summed E-state index contributed by atoms with van der Waals surface area (Å²) in [5.41, 5.74) is 0. The van der Waals surface area contributed by atoms with E-state index in [9.17, 15) is 0 Å². The molecule has 2 rings (SSSR count). The van der Waals surface area contributed by atoms with Crippen LogP contribution in [0.1, 0.15) is 39.5 Å². The fourth-order valence-corrected chi connectivity index (χ4v) is 3.20. The molecule has 0 aromatic rings. The number of hydrogen-bond donors (Lipinski definition) is 1. The van der Waals surface area contributed by atoms with Gasteiger partial charge in [0.1, 0.15) is 0 Å². The summed E-state index contributed by atoms with van der Waals surface area (Å²) in [6.07, 6.45) is 5.53. The third-order valence-corrected chi connectivity index (χ3v) is 4.20. The van der Waals surface area contributed by atoms with Crippen LogP contribution >= 0.6 is 0 Å². The lowest BCUT2D eigenvalue weighted by Gasteiger charge is -2.23. The van der Waals surface area contributed by atoms with Gasteiger partial charge >= 0.3 is 0 Å². The third-order valence-electron chi connectivity index (χ3n) is 4.20. The molecular weight excluding hydrogens is 212 g/mol. The molecule has 2 saturated heterocycles. The number of ether oxygens (including phenoxy) is 1. The number of likely N-dealkylation sites (tertiary alicyclic amines) is 1. The van der Waals surface area contributed by atoms with Gasteiger partial charge in [0.15, 0.2) is 0 Å². The predicted molar refractivity (Wildman–Crippen MR) is 71.3 cm³/mol. The van der Waals surface area contributed by atoms with Crippen molar-refractivity contribution in [2.75, 3.05) is 32.8 Å². The molecule has 0 saturated carbocycles. The summed E-state index contributed by atoms with van der Waals surface area (Å²) < 4.78 is 5.77. The van der Waals surface area contributed by atoms with Crippen LogP contribution in [0, 0.1) is 5.92 Å². The molecule has 0 radical (unpaired) electrons. The molecule has 0 bridgehead atoms. The van der Waals surface area contributed by atoms with E-state index < -0.39 is 0 Å². The highest BCUT2D eigenvalue weighted by atomic mass is 16.5. The van der Waals surface area contributed by atoms with Crippen molar-refractivity contribution in [3.63, 3.8) is 0 Å². The first-order chi connectivity index (χ1) is 8.33. The van der Waals surface area contributed by atoms with Gasteiger partial charge in [0.05, 0.1) is 6.10 Å². The fraction of sp³-hybridized carbons (Fsp3) is 1.00. The minimum absolute atomic E-state index is 0.526. The van der Waals surface area contributed by atoms with Crippen LogP contribution in [0.5, 0.6) is 0 Å². The van der Waals surface area contributed by atoms with Crippen molar-refractivity contribution in [2.24, 2.45) is 5.92 Å². The van der Waals surface area contributed by atoms with E-state index in [0.29, 0.717) is 6.10 Å². The highest BCUT2D eigenvalue weighted by Crippen LogP contribution is 2.25. The van der Waals surface area contributed by atoms with Gasteiger partial charge in [0, 0.05) is 25.7 Å². The molecule has 2 aliphatic heterocycles. The Labute approximate surface area is 106 Å². The minimum Gasteiger partial charge on any atom is -0.378 e. The van der Waals surface area contributed by atoms with Crippen LogP contribution in [0.3, 0.4) is 0 Å². The van der Waals surface area contributed by atoms with Crippen LogP contribution < -0.4 is 5.32 Å². The zero-order valence-corrected chi connectivity index (χ0v) is 11.5. The van der Waals surface area contributed by atoms with Gasteiger partial charge < -0.3 is 15.0 Å². The van der Waals surface area contributed by atoms with Crippen molar-refractivity contribution in [1.29, 1.82) is 0 Å². The Morgan fingerprint density at radius 2 is 2.18 bits per heavy atom. The molecule has 3 atom stereocenters. The summed E-state index contributed by atoms with van der Waals surface area (Å²) in [7, 11) is 0. The average molecular weight is 240 g/mol. The Bertz CT molecular complexity index is 222. The number of nitrogens with one attached hydrogen (secondary N) is 1. The normalized spacial score (nSPS) is 34.6. The molecule has 0 amide bonds. The maximum Gasteiger partial charge on any atom is 0.0613 e. The van der Waals surface area contributed by atoms with E-state index in [-0.39, 0.29) is 0 Å². The smallest absolute Gasteiger partial charge is 0.0613 e. The highest BCUT2D eigenvalue weighted by molar-refractivity contribution is 4.85. The van der Waals surface area contributed by atoms with Gasteiger partial charge in [0.2, 0.25) is 0 Å². The van der Waals surface area contributed by atoms with E-state index in [1.165, 1.54) is 51.9 Å². The molecule has 0 aromatic heterocycles. The average Bonchev–Trinajstić information content (AvgIpc) is 2.96. The van der Waals surface area contributed by atoms with Gasteiger partial charge in [-0.15, -0.1) is 0 Å². The van der Waals surface area contributed by atoms with Crippen molar-refractivity contribution < 1.29 is 4.74 Å². The molecule has 2 heterocycles. The van der Waals surface area contributed by atoms with Crippen LogP contribution in [-0.2, 0) is 4.74 Å². The van der Waals surface area contributed by atoms with Gasteiger partial charge in [-0.05, 0) is 44.7 Å². The van der Waals surface area contributed by atoms with Gasteiger partial charge in [-0.1, -0.05) is 13.8 Å². The van der Waals surface area contributed by atoms with Crippen LogP contribution in [0.4, 0.5) is 0 Å². The second kappa shape index (κ2) is 6.72. The largest absolute Gasteiger partial charge is 0.378 e. The standard InChI is InChI=1S/C14H28N2O/c1-3-7-15-13-5-8-16(11-13)10-12-6-9-17-14(12)4-2/h12-15H,3-11H2,1-2H3. The summed E-state index contributed by atoms with van der Waals surface area (Å²) in [6.45, 7) is 10.4.